The highest BCUT2D eigenvalue weighted by molar-refractivity contribution is 9.10. The minimum absolute atomic E-state index is 0.0449. The zero-order chi connectivity index (χ0) is 13.3. The summed E-state index contributed by atoms with van der Waals surface area (Å²) < 4.78 is 1.71. The summed E-state index contributed by atoms with van der Waals surface area (Å²) in [6.45, 7) is 5.46. The normalized spacial score (nSPS) is 10.3. The third-order valence-corrected chi connectivity index (χ3v) is 3.45. The molecule has 1 aromatic carbocycles. The Morgan fingerprint density at radius 2 is 1.94 bits per heavy atom. The van der Waals surface area contributed by atoms with Crippen LogP contribution in [0.4, 0.5) is 0 Å². The average molecular weight is 306 g/mol. The molecule has 92 valence electrons. The van der Waals surface area contributed by atoms with Crippen molar-refractivity contribution in [3.05, 3.63) is 63.0 Å². The van der Waals surface area contributed by atoms with Crippen molar-refractivity contribution in [1.29, 1.82) is 0 Å². The van der Waals surface area contributed by atoms with Crippen LogP contribution >= 0.6 is 15.9 Å². The van der Waals surface area contributed by atoms with Gasteiger partial charge in [0.1, 0.15) is 10.2 Å². The lowest BCUT2D eigenvalue weighted by Gasteiger charge is -2.11. The molecule has 0 aliphatic carbocycles. The molecular formula is C14H12BrNO2. The number of hydrogen-bond acceptors (Lipinski definition) is 2. The first-order valence-electron chi connectivity index (χ1n) is 5.38. The van der Waals surface area contributed by atoms with Gasteiger partial charge in [0, 0.05) is 17.4 Å². The fourth-order valence-corrected chi connectivity index (χ4v) is 2.07. The van der Waals surface area contributed by atoms with Gasteiger partial charge in [0.05, 0.1) is 0 Å². The fourth-order valence-electron chi connectivity index (χ4n) is 1.77. The van der Waals surface area contributed by atoms with Gasteiger partial charge in [0.15, 0.2) is 0 Å². The molecule has 0 aliphatic heterocycles. The van der Waals surface area contributed by atoms with Gasteiger partial charge < -0.3 is 5.11 Å². The van der Waals surface area contributed by atoms with Gasteiger partial charge in [-0.2, -0.15) is 0 Å². The first kappa shape index (κ1) is 12.6. The van der Waals surface area contributed by atoms with Crippen LogP contribution in [-0.2, 0) is 0 Å². The zero-order valence-corrected chi connectivity index (χ0v) is 11.4. The zero-order valence-electron chi connectivity index (χ0n) is 9.85. The molecule has 4 heteroatoms. The van der Waals surface area contributed by atoms with Crippen LogP contribution in [0.2, 0.25) is 0 Å². The van der Waals surface area contributed by atoms with Gasteiger partial charge in [-0.15, -0.1) is 0 Å². The van der Waals surface area contributed by atoms with Crippen molar-refractivity contribution in [2.75, 3.05) is 0 Å². The molecule has 0 amide bonds. The van der Waals surface area contributed by atoms with Crippen molar-refractivity contribution < 1.29 is 5.11 Å². The Morgan fingerprint density at radius 1 is 1.33 bits per heavy atom. The van der Waals surface area contributed by atoms with Gasteiger partial charge >= 0.3 is 0 Å². The van der Waals surface area contributed by atoms with E-state index in [1.165, 1.54) is 4.57 Å². The van der Waals surface area contributed by atoms with E-state index in [-0.39, 0.29) is 15.8 Å². The number of aromatic hydroxyl groups is 1. The summed E-state index contributed by atoms with van der Waals surface area (Å²) >= 11 is 3.09. The number of rotatable bonds is 2. The standard InChI is InChI=1S/C14H12BrNO2/c1-3-10-4-6-11(7-5-10)16-9(2)8-12(17)13(15)14(16)18/h3-8,17H,1H2,2H3. The molecule has 0 spiro atoms. The SMILES string of the molecule is C=Cc1ccc(-n2c(C)cc(O)c(Br)c2=O)cc1. The number of pyridine rings is 1. The van der Waals surface area contributed by atoms with E-state index in [4.69, 9.17) is 0 Å². The Balaban J connectivity index is 2.67. The molecule has 0 bridgehead atoms. The Hall–Kier alpha value is -1.81. The first-order valence-corrected chi connectivity index (χ1v) is 6.18. The maximum atomic E-state index is 12.1. The number of benzene rings is 1. The van der Waals surface area contributed by atoms with Crippen LogP contribution in [0.25, 0.3) is 11.8 Å². The fraction of sp³-hybridized carbons (Fsp3) is 0.0714. The van der Waals surface area contributed by atoms with Crippen molar-refractivity contribution in [2.24, 2.45) is 0 Å². The molecule has 0 atom stereocenters. The molecular weight excluding hydrogens is 294 g/mol. The van der Waals surface area contributed by atoms with E-state index < -0.39 is 0 Å². The number of aryl methyl sites for hydroxylation is 1. The van der Waals surface area contributed by atoms with Crippen LogP contribution in [0, 0.1) is 6.92 Å². The lowest BCUT2D eigenvalue weighted by Crippen LogP contribution is -2.20. The van der Waals surface area contributed by atoms with Crippen molar-refractivity contribution in [1.82, 2.24) is 4.57 Å². The van der Waals surface area contributed by atoms with Gasteiger partial charge in [-0.25, -0.2) is 0 Å². The summed E-state index contributed by atoms with van der Waals surface area (Å²) in [5.74, 6) is -0.0449. The second-order valence-corrected chi connectivity index (χ2v) is 4.71. The van der Waals surface area contributed by atoms with Gasteiger partial charge in [-0.05, 0) is 40.5 Å². The van der Waals surface area contributed by atoms with Crippen LogP contribution in [0.15, 0.2) is 46.2 Å². The molecule has 18 heavy (non-hydrogen) atoms. The Labute approximate surface area is 113 Å². The summed E-state index contributed by atoms with van der Waals surface area (Å²) in [4.78, 5) is 12.1. The van der Waals surface area contributed by atoms with Crippen LogP contribution in [-0.4, -0.2) is 9.67 Å². The quantitative estimate of drug-likeness (QED) is 0.925. The molecule has 3 nitrogen and oxygen atoms in total. The van der Waals surface area contributed by atoms with Gasteiger partial charge in [-0.3, -0.25) is 9.36 Å². The predicted octanol–water partition coefficient (Wildman–Crippen LogP) is 3.26. The highest BCUT2D eigenvalue weighted by Gasteiger charge is 2.11. The van der Waals surface area contributed by atoms with E-state index in [2.05, 4.69) is 22.5 Å². The van der Waals surface area contributed by atoms with Gasteiger partial charge in [-0.1, -0.05) is 24.8 Å². The van der Waals surface area contributed by atoms with Crippen molar-refractivity contribution in [3.8, 4) is 11.4 Å². The Bertz CT molecular complexity index is 657. The number of nitrogens with zero attached hydrogens (tertiary/aromatic N) is 1. The number of halogens is 1. The van der Waals surface area contributed by atoms with Crippen molar-refractivity contribution in [3.63, 3.8) is 0 Å². The second-order valence-electron chi connectivity index (χ2n) is 3.92. The summed E-state index contributed by atoms with van der Waals surface area (Å²) in [6, 6.07) is 9.00. The van der Waals surface area contributed by atoms with Crippen LogP contribution < -0.4 is 5.56 Å². The highest BCUT2D eigenvalue weighted by atomic mass is 79.9. The van der Waals surface area contributed by atoms with Crippen molar-refractivity contribution >= 4 is 22.0 Å². The smallest absolute Gasteiger partial charge is 0.273 e. The maximum Gasteiger partial charge on any atom is 0.273 e. The predicted molar refractivity (Wildman–Crippen MR) is 76.2 cm³/mol. The third kappa shape index (κ3) is 2.11. The van der Waals surface area contributed by atoms with E-state index in [0.717, 1.165) is 11.3 Å². The molecule has 0 radical (unpaired) electrons. The van der Waals surface area contributed by atoms with Crippen molar-refractivity contribution in [2.45, 2.75) is 6.92 Å². The molecule has 0 fully saturated rings. The maximum absolute atomic E-state index is 12.1. The minimum atomic E-state index is -0.279. The molecule has 1 aromatic heterocycles. The van der Waals surface area contributed by atoms with Crippen LogP contribution in [0.5, 0.6) is 5.75 Å². The van der Waals surface area contributed by atoms with E-state index in [1.807, 2.05) is 24.3 Å². The Kier molecular flexibility index (Phi) is 3.39. The molecule has 2 rings (SSSR count). The summed E-state index contributed by atoms with van der Waals surface area (Å²) in [5, 5.41) is 9.56. The lowest BCUT2D eigenvalue weighted by atomic mass is 10.2. The highest BCUT2D eigenvalue weighted by Crippen LogP contribution is 2.22. The number of hydrogen-bond donors (Lipinski definition) is 1. The van der Waals surface area contributed by atoms with E-state index in [9.17, 15) is 9.90 Å². The molecule has 2 aromatic rings. The topological polar surface area (TPSA) is 42.2 Å². The molecule has 0 saturated carbocycles. The molecule has 1 heterocycles. The third-order valence-electron chi connectivity index (χ3n) is 2.70. The molecule has 0 saturated heterocycles. The average Bonchev–Trinajstić information content (AvgIpc) is 2.37. The van der Waals surface area contributed by atoms with Crippen LogP contribution in [0.1, 0.15) is 11.3 Å². The summed E-state index contributed by atoms with van der Waals surface area (Å²) in [7, 11) is 0. The molecule has 0 unspecified atom stereocenters. The first-order chi connectivity index (χ1) is 8.54. The number of aromatic nitrogens is 1. The molecule has 0 aliphatic rings. The largest absolute Gasteiger partial charge is 0.506 e. The summed E-state index contributed by atoms with van der Waals surface area (Å²) in [6.07, 6.45) is 1.74. The Morgan fingerprint density at radius 3 is 2.50 bits per heavy atom. The van der Waals surface area contributed by atoms with E-state index in [0.29, 0.717) is 5.69 Å². The summed E-state index contributed by atoms with van der Waals surface area (Å²) in [5.41, 5.74) is 2.14. The van der Waals surface area contributed by atoms with E-state index in [1.54, 1.807) is 19.1 Å². The lowest BCUT2D eigenvalue weighted by molar-refractivity contribution is 0.468. The van der Waals surface area contributed by atoms with Crippen LogP contribution in [0.3, 0.4) is 0 Å². The second kappa shape index (κ2) is 4.82. The monoisotopic (exact) mass is 305 g/mol. The minimum Gasteiger partial charge on any atom is -0.506 e. The molecule has 1 N–H and O–H groups in total. The van der Waals surface area contributed by atoms with Gasteiger partial charge in [0.25, 0.3) is 5.56 Å². The van der Waals surface area contributed by atoms with Gasteiger partial charge in [0.2, 0.25) is 0 Å². The van der Waals surface area contributed by atoms with E-state index >= 15 is 0 Å².